The van der Waals surface area contributed by atoms with Crippen molar-refractivity contribution < 1.29 is 19.4 Å². The van der Waals surface area contributed by atoms with Crippen molar-refractivity contribution in [3.8, 4) is 0 Å². The van der Waals surface area contributed by atoms with Crippen LogP contribution in [0, 0.1) is 11.8 Å². The predicted octanol–water partition coefficient (Wildman–Crippen LogP) is 4.09. The monoisotopic (exact) mass is 308 g/mol. The van der Waals surface area contributed by atoms with E-state index >= 15 is 0 Å². The van der Waals surface area contributed by atoms with E-state index in [1.54, 1.807) is 0 Å². The molecule has 0 aliphatic heterocycles. The number of carbonyl (C=O) groups is 2. The van der Waals surface area contributed by atoms with Gasteiger partial charge in [-0.05, 0) is 37.5 Å². The molecule has 0 unspecified atom stereocenters. The van der Waals surface area contributed by atoms with Crippen molar-refractivity contribution >= 4 is 11.9 Å². The first-order valence-corrected chi connectivity index (χ1v) is 8.68. The molecule has 2 saturated carbocycles. The van der Waals surface area contributed by atoms with Gasteiger partial charge < -0.3 is 9.84 Å². The molecule has 0 aromatic rings. The van der Waals surface area contributed by atoms with Gasteiger partial charge in [-0.3, -0.25) is 4.79 Å². The Labute approximate surface area is 132 Å². The summed E-state index contributed by atoms with van der Waals surface area (Å²) in [6.07, 6.45) is 11.5. The Kier molecular flexibility index (Phi) is 6.47. The number of carboxylic acids is 1. The van der Waals surface area contributed by atoms with Gasteiger partial charge in [-0.2, -0.15) is 0 Å². The minimum absolute atomic E-state index is 0.0429. The van der Waals surface area contributed by atoms with E-state index in [4.69, 9.17) is 9.84 Å². The molecule has 0 amide bonds. The topological polar surface area (TPSA) is 63.6 Å². The first-order valence-electron chi connectivity index (χ1n) is 8.68. The van der Waals surface area contributed by atoms with Crippen LogP contribution in [-0.4, -0.2) is 23.1 Å². The maximum Gasteiger partial charge on any atom is 0.334 e. The van der Waals surface area contributed by atoms with E-state index < -0.39 is 11.9 Å². The van der Waals surface area contributed by atoms with E-state index in [-0.39, 0.29) is 18.1 Å². The number of aliphatic carboxylic acids is 1. The van der Waals surface area contributed by atoms with Crippen LogP contribution in [0.15, 0.2) is 12.2 Å². The smallest absolute Gasteiger partial charge is 0.334 e. The molecule has 0 aromatic heterocycles. The third kappa shape index (κ3) is 4.85. The maximum absolute atomic E-state index is 12.2. The summed E-state index contributed by atoms with van der Waals surface area (Å²) in [6.45, 7) is 3.58. The Balaban J connectivity index is 2.01. The van der Waals surface area contributed by atoms with Crippen molar-refractivity contribution in [1.82, 2.24) is 0 Å². The van der Waals surface area contributed by atoms with Crippen molar-refractivity contribution in [2.24, 2.45) is 11.8 Å². The fraction of sp³-hybridized carbons (Fsp3) is 0.778. The highest BCUT2D eigenvalue weighted by Gasteiger charge is 2.34. The van der Waals surface area contributed by atoms with Gasteiger partial charge in [-0.25, -0.2) is 4.79 Å². The summed E-state index contributed by atoms with van der Waals surface area (Å²) in [5, 5.41) is 8.80. The number of carbonyl (C=O) groups excluding carboxylic acids is 1. The number of hydrogen-bond donors (Lipinski definition) is 1. The molecule has 1 N–H and O–H groups in total. The molecule has 2 aliphatic carbocycles. The lowest BCUT2D eigenvalue weighted by Gasteiger charge is -2.37. The van der Waals surface area contributed by atoms with E-state index in [1.165, 1.54) is 38.5 Å². The van der Waals surface area contributed by atoms with Crippen LogP contribution in [0.3, 0.4) is 0 Å². The van der Waals surface area contributed by atoms with Gasteiger partial charge in [0.1, 0.15) is 6.10 Å². The van der Waals surface area contributed by atoms with Crippen molar-refractivity contribution in [2.45, 2.75) is 76.7 Å². The second-order valence-corrected chi connectivity index (χ2v) is 6.84. The molecule has 0 bridgehead atoms. The van der Waals surface area contributed by atoms with Crippen LogP contribution in [0.1, 0.15) is 70.6 Å². The zero-order valence-electron chi connectivity index (χ0n) is 13.4. The fourth-order valence-electron chi connectivity index (χ4n) is 3.96. The molecule has 2 fully saturated rings. The van der Waals surface area contributed by atoms with Gasteiger partial charge in [-0.1, -0.05) is 45.1 Å². The van der Waals surface area contributed by atoms with Gasteiger partial charge in [0.2, 0.25) is 0 Å². The third-order valence-electron chi connectivity index (χ3n) is 5.13. The minimum Gasteiger partial charge on any atom is -0.481 e. The van der Waals surface area contributed by atoms with E-state index in [0.29, 0.717) is 11.8 Å². The highest BCUT2D eigenvalue weighted by molar-refractivity contribution is 5.92. The number of hydrogen-bond acceptors (Lipinski definition) is 3. The molecule has 0 radical (unpaired) electrons. The molecule has 0 saturated heterocycles. The second-order valence-electron chi connectivity index (χ2n) is 6.84. The zero-order chi connectivity index (χ0) is 15.9. The van der Waals surface area contributed by atoms with Gasteiger partial charge in [0.25, 0.3) is 0 Å². The number of carboxylic acid groups (broad SMARTS) is 1. The zero-order valence-corrected chi connectivity index (χ0v) is 13.4. The first kappa shape index (κ1) is 17.0. The Hall–Kier alpha value is -1.32. The van der Waals surface area contributed by atoms with Crippen LogP contribution in [-0.2, 0) is 14.3 Å². The summed E-state index contributed by atoms with van der Waals surface area (Å²) in [6, 6.07) is 0. The molecule has 22 heavy (non-hydrogen) atoms. The van der Waals surface area contributed by atoms with Gasteiger partial charge in [0.15, 0.2) is 0 Å². The van der Waals surface area contributed by atoms with Gasteiger partial charge in [0.05, 0.1) is 6.42 Å². The molecular formula is C18H28O4. The van der Waals surface area contributed by atoms with Crippen LogP contribution in [0.25, 0.3) is 0 Å². The second kappa shape index (κ2) is 8.35. The molecule has 0 atom stereocenters. The fourth-order valence-corrected chi connectivity index (χ4v) is 3.96. The summed E-state index contributed by atoms with van der Waals surface area (Å²) in [5.41, 5.74) is 0.0594. The summed E-state index contributed by atoms with van der Waals surface area (Å²) in [4.78, 5) is 22.9. The van der Waals surface area contributed by atoms with Crippen molar-refractivity contribution in [3.05, 3.63) is 12.2 Å². The Morgan fingerprint density at radius 3 is 1.82 bits per heavy atom. The summed E-state index contributed by atoms with van der Waals surface area (Å²) in [7, 11) is 0. The average molecular weight is 308 g/mol. The first-order chi connectivity index (χ1) is 10.6. The molecule has 0 heterocycles. The lowest BCUT2D eigenvalue weighted by Crippen LogP contribution is -2.36. The molecule has 2 rings (SSSR count). The Morgan fingerprint density at radius 2 is 1.41 bits per heavy atom. The molecule has 124 valence electrons. The van der Waals surface area contributed by atoms with Crippen molar-refractivity contribution in [2.75, 3.05) is 0 Å². The standard InChI is InChI=1S/C18H28O4/c1-13(12-16(19)20)18(21)22-17(14-8-4-2-5-9-14)15-10-6-3-7-11-15/h14-15,17H,1-12H2,(H,19,20). The van der Waals surface area contributed by atoms with E-state index in [2.05, 4.69) is 6.58 Å². The van der Waals surface area contributed by atoms with E-state index in [1.807, 2.05) is 0 Å². The molecule has 0 spiro atoms. The molecular weight excluding hydrogens is 280 g/mol. The largest absolute Gasteiger partial charge is 0.481 e. The lowest BCUT2D eigenvalue weighted by atomic mass is 9.75. The van der Waals surface area contributed by atoms with Gasteiger partial charge in [0, 0.05) is 5.57 Å². The van der Waals surface area contributed by atoms with Crippen LogP contribution in [0.4, 0.5) is 0 Å². The Morgan fingerprint density at radius 1 is 0.955 bits per heavy atom. The van der Waals surface area contributed by atoms with Crippen LogP contribution >= 0.6 is 0 Å². The molecule has 2 aliphatic rings. The number of esters is 1. The minimum atomic E-state index is -1.03. The summed E-state index contributed by atoms with van der Waals surface area (Å²) in [5.74, 6) is -0.658. The van der Waals surface area contributed by atoms with E-state index in [0.717, 1.165) is 25.7 Å². The van der Waals surface area contributed by atoms with E-state index in [9.17, 15) is 9.59 Å². The van der Waals surface area contributed by atoms with Crippen molar-refractivity contribution in [3.63, 3.8) is 0 Å². The highest BCUT2D eigenvalue weighted by atomic mass is 16.5. The number of rotatable bonds is 6. The SMILES string of the molecule is C=C(CC(=O)O)C(=O)OC(C1CCCCC1)C1CCCCC1. The molecule has 4 heteroatoms. The maximum atomic E-state index is 12.2. The lowest BCUT2D eigenvalue weighted by molar-refractivity contribution is -0.154. The average Bonchev–Trinajstić information content (AvgIpc) is 2.53. The molecule has 0 aromatic carbocycles. The van der Waals surface area contributed by atoms with Crippen LogP contribution in [0.2, 0.25) is 0 Å². The van der Waals surface area contributed by atoms with Crippen LogP contribution in [0.5, 0.6) is 0 Å². The third-order valence-corrected chi connectivity index (χ3v) is 5.13. The van der Waals surface area contributed by atoms with Gasteiger partial charge >= 0.3 is 11.9 Å². The predicted molar refractivity (Wildman–Crippen MR) is 84.4 cm³/mol. The highest BCUT2D eigenvalue weighted by Crippen LogP contribution is 2.37. The van der Waals surface area contributed by atoms with Gasteiger partial charge in [-0.15, -0.1) is 0 Å². The quantitative estimate of drug-likeness (QED) is 0.593. The molecule has 4 nitrogen and oxygen atoms in total. The number of ether oxygens (including phenoxy) is 1. The summed E-state index contributed by atoms with van der Waals surface area (Å²) >= 11 is 0. The van der Waals surface area contributed by atoms with Crippen molar-refractivity contribution in [1.29, 1.82) is 0 Å². The summed E-state index contributed by atoms with van der Waals surface area (Å²) < 4.78 is 5.79. The van der Waals surface area contributed by atoms with Crippen LogP contribution < -0.4 is 0 Å². The Bertz CT molecular complexity index is 385. The normalized spacial score (nSPS) is 20.8.